The molecule has 2 bridgehead atoms. The van der Waals surface area contributed by atoms with Crippen LogP contribution in [0.15, 0.2) is 41.8 Å². The Morgan fingerprint density at radius 1 is 1.30 bits per heavy atom. The minimum absolute atomic E-state index is 0.172. The van der Waals surface area contributed by atoms with Gasteiger partial charge in [0.15, 0.2) is 0 Å². The highest BCUT2D eigenvalue weighted by Crippen LogP contribution is 2.52. The van der Waals surface area contributed by atoms with Crippen LogP contribution in [0.3, 0.4) is 0 Å². The highest BCUT2D eigenvalue weighted by atomic mass is 32.1. The maximum atomic E-state index is 13.9. The molecule has 1 aromatic carbocycles. The van der Waals surface area contributed by atoms with E-state index in [-0.39, 0.29) is 5.91 Å². The summed E-state index contributed by atoms with van der Waals surface area (Å²) in [5.41, 5.74) is -1.29. The van der Waals surface area contributed by atoms with Crippen LogP contribution in [0.25, 0.3) is 0 Å². The molecule has 4 atom stereocenters. The van der Waals surface area contributed by atoms with Crippen LogP contribution in [-0.4, -0.2) is 35.0 Å². The van der Waals surface area contributed by atoms with Gasteiger partial charge in [0, 0.05) is 29.1 Å². The van der Waals surface area contributed by atoms with Crippen LogP contribution >= 0.6 is 11.3 Å². The van der Waals surface area contributed by atoms with E-state index in [0.29, 0.717) is 25.2 Å². The van der Waals surface area contributed by atoms with Crippen molar-refractivity contribution in [2.24, 2.45) is 11.8 Å². The van der Waals surface area contributed by atoms with Crippen molar-refractivity contribution in [3.8, 4) is 0 Å². The second-order valence-corrected chi connectivity index (χ2v) is 8.77. The van der Waals surface area contributed by atoms with Crippen molar-refractivity contribution in [1.29, 1.82) is 0 Å². The molecule has 156 valence electrons. The van der Waals surface area contributed by atoms with E-state index in [1.54, 1.807) is 22.3 Å². The van der Waals surface area contributed by atoms with Gasteiger partial charge in [-0.3, -0.25) is 9.59 Å². The van der Waals surface area contributed by atoms with E-state index in [9.17, 15) is 22.8 Å². The highest BCUT2D eigenvalue weighted by Gasteiger charge is 2.66. The maximum Gasteiger partial charge on any atom is 0.230 e. The summed E-state index contributed by atoms with van der Waals surface area (Å²) in [4.78, 5) is 28.7. The van der Waals surface area contributed by atoms with Crippen LogP contribution in [0.2, 0.25) is 0 Å². The second-order valence-electron chi connectivity index (χ2n) is 7.74. The standard InChI is InChI=1S/C21H17F3N2O3S/c22-11-6-14(23)13(15(24)7-11)8-25-19(27)17-16-3-4-21(29-16)10-26(20(28)18(17)21)9-12-2-1-5-30-12/h1-7,16-18H,8-10H2,(H,25,27)/t16-,17-,18-,21-/m0/s1. The molecule has 1 N–H and O–H groups in total. The quantitative estimate of drug-likeness (QED) is 0.737. The number of hydrogen-bond acceptors (Lipinski definition) is 4. The molecule has 1 aromatic heterocycles. The number of nitrogens with zero attached hydrogens (tertiary/aromatic N) is 1. The molecule has 0 unspecified atom stereocenters. The van der Waals surface area contributed by atoms with Gasteiger partial charge in [-0.25, -0.2) is 13.2 Å². The molecule has 5 nitrogen and oxygen atoms in total. The molecule has 2 amide bonds. The lowest BCUT2D eigenvalue weighted by Gasteiger charge is -2.23. The summed E-state index contributed by atoms with van der Waals surface area (Å²) < 4.78 is 46.8. The van der Waals surface area contributed by atoms with Gasteiger partial charge in [-0.1, -0.05) is 18.2 Å². The number of rotatable bonds is 5. The Kier molecular flexibility index (Phi) is 4.48. The third-order valence-electron chi connectivity index (χ3n) is 5.95. The lowest BCUT2D eigenvalue weighted by atomic mass is 9.77. The van der Waals surface area contributed by atoms with Crippen LogP contribution in [-0.2, 0) is 27.4 Å². The molecule has 1 spiro atoms. The molecule has 30 heavy (non-hydrogen) atoms. The Morgan fingerprint density at radius 2 is 2.07 bits per heavy atom. The van der Waals surface area contributed by atoms with Gasteiger partial charge < -0.3 is 15.0 Å². The molecule has 4 heterocycles. The molecule has 0 radical (unpaired) electrons. The number of halogens is 3. The molecule has 3 aliphatic heterocycles. The maximum absolute atomic E-state index is 13.9. The Balaban J connectivity index is 1.33. The second kappa shape index (κ2) is 6.95. The molecule has 2 saturated heterocycles. The van der Waals surface area contributed by atoms with Crippen molar-refractivity contribution < 1.29 is 27.5 Å². The summed E-state index contributed by atoms with van der Waals surface area (Å²) in [5, 5.41) is 4.42. The van der Waals surface area contributed by atoms with Crippen molar-refractivity contribution in [1.82, 2.24) is 10.2 Å². The molecule has 9 heteroatoms. The minimum Gasteiger partial charge on any atom is -0.360 e. The van der Waals surface area contributed by atoms with Crippen LogP contribution in [0.1, 0.15) is 10.4 Å². The Morgan fingerprint density at radius 3 is 2.77 bits per heavy atom. The number of thiophene rings is 1. The first-order chi connectivity index (χ1) is 14.4. The summed E-state index contributed by atoms with van der Waals surface area (Å²) in [6.07, 6.45) is 3.05. The third-order valence-corrected chi connectivity index (χ3v) is 6.81. The van der Waals surface area contributed by atoms with Gasteiger partial charge >= 0.3 is 0 Å². The van der Waals surface area contributed by atoms with Gasteiger partial charge in [-0.2, -0.15) is 0 Å². The van der Waals surface area contributed by atoms with Crippen molar-refractivity contribution in [2.45, 2.75) is 24.8 Å². The van der Waals surface area contributed by atoms with E-state index in [4.69, 9.17) is 4.74 Å². The number of nitrogens with one attached hydrogen (secondary N) is 1. The zero-order valence-electron chi connectivity index (χ0n) is 15.6. The first-order valence-corrected chi connectivity index (χ1v) is 10.4. The average molecular weight is 434 g/mol. The number of ether oxygens (including phenoxy) is 1. The first-order valence-electron chi connectivity index (χ1n) is 9.47. The normalized spacial score (nSPS) is 29.0. The number of likely N-dealkylation sites (tertiary alicyclic amines) is 1. The van der Waals surface area contributed by atoms with Gasteiger partial charge in [-0.15, -0.1) is 11.3 Å². The molecule has 0 aliphatic carbocycles. The smallest absolute Gasteiger partial charge is 0.230 e. The minimum atomic E-state index is -1.08. The average Bonchev–Trinajstić information content (AvgIpc) is 3.44. The molecule has 5 rings (SSSR count). The van der Waals surface area contributed by atoms with E-state index in [2.05, 4.69) is 5.32 Å². The lowest BCUT2D eigenvalue weighted by Crippen LogP contribution is -2.44. The molecule has 0 saturated carbocycles. The summed E-state index contributed by atoms with van der Waals surface area (Å²) in [6.45, 7) is 0.347. The van der Waals surface area contributed by atoms with Gasteiger partial charge in [0.25, 0.3) is 0 Å². The number of carbonyl (C=O) groups is 2. The highest BCUT2D eigenvalue weighted by molar-refractivity contribution is 7.09. The predicted octanol–water partition coefficient (Wildman–Crippen LogP) is 2.76. The van der Waals surface area contributed by atoms with Gasteiger partial charge in [0.05, 0.1) is 31.0 Å². The molecular weight excluding hydrogens is 417 g/mol. The van der Waals surface area contributed by atoms with Crippen molar-refractivity contribution in [2.75, 3.05) is 6.54 Å². The predicted molar refractivity (Wildman–Crippen MR) is 102 cm³/mol. The van der Waals surface area contributed by atoms with Crippen LogP contribution in [0.4, 0.5) is 13.2 Å². The zero-order chi connectivity index (χ0) is 21.0. The van der Waals surface area contributed by atoms with E-state index >= 15 is 0 Å². The van der Waals surface area contributed by atoms with Crippen molar-refractivity contribution in [3.05, 3.63) is 69.7 Å². The fraction of sp³-hybridized carbons (Fsp3) is 0.333. The Labute approximate surface area is 174 Å². The summed E-state index contributed by atoms with van der Waals surface area (Å²) >= 11 is 1.54. The fourth-order valence-electron chi connectivity index (χ4n) is 4.64. The number of benzene rings is 1. The Hall–Kier alpha value is -2.65. The Bertz CT molecular complexity index is 1030. The summed E-state index contributed by atoms with van der Waals surface area (Å²) in [5.74, 6) is -5.35. The van der Waals surface area contributed by atoms with Crippen LogP contribution in [0, 0.1) is 29.3 Å². The van der Waals surface area contributed by atoms with E-state index in [1.165, 1.54) is 0 Å². The molecule has 3 aliphatic rings. The number of carbonyl (C=O) groups excluding carboxylic acids is 2. The zero-order valence-corrected chi connectivity index (χ0v) is 16.4. The van der Waals surface area contributed by atoms with E-state index in [0.717, 1.165) is 4.88 Å². The van der Waals surface area contributed by atoms with E-state index in [1.807, 2.05) is 23.6 Å². The van der Waals surface area contributed by atoms with Crippen LogP contribution < -0.4 is 5.32 Å². The monoisotopic (exact) mass is 434 g/mol. The molecule has 2 fully saturated rings. The van der Waals surface area contributed by atoms with E-state index < -0.39 is 59.0 Å². The fourth-order valence-corrected chi connectivity index (χ4v) is 5.36. The van der Waals surface area contributed by atoms with Crippen molar-refractivity contribution in [3.63, 3.8) is 0 Å². The molecular formula is C21H17F3N2O3S. The number of hydrogen-bond donors (Lipinski definition) is 1. The van der Waals surface area contributed by atoms with Crippen molar-refractivity contribution >= 4 is 23.2 Å². The SMILES string of the molecule is O=C(NCc1c(F)cc(F)cc1F)[C@H]1[C@@H]2C=C[C@@]3(CN(Cc4cccs4)C(=O)[C@H]13)O2. The number of amides is 2. The first kappa shape index (κ1) is 19.3. The lowest BCUT2D eigenvalue weighted by molar-refractivity contribution is -0.137. The summed E-state index contributed by atoms with van der Waals surface area (Å²) in [6, 6.07) is 4.97. The third kappa shape index (κ3) is 2.95. The van der Waals surface area contributed by atoms with Gasteiger partial charge in [0.1, 0.15) is 23.1 Å². The van der Waals surface area contributed by atoms with Crippen LogP contribution in [0.5, 0.6) is 0 Å². The molecule has 2 aromatic rings. The van der Waals surface area contributed by atoms with Gasteiger partial charge in [-0.05, 0) is 11.4 Å². The van der Waals surface area contributed by atoms with Gasteiger partial charge in [0.2, 0.25) is 11.8 Å². The largest absolute Gasteiger partial charge is 0.360 e. The summed E-state index contributed by atoms with van der Waals surface area (Å²) in [7, 11) is 0. The number of fused-ring (bicyclic) bond motifs is 1. The topological polar surface area (TPSA) is 58.6 Å².